The van der Waals surface area contributed by atoms with E-state index in [0.717, 1.165) is 32.4 Å². The third-order valence-electron chi connectivity index (χ3n) is 5.90. The largest absolute Gasteiger partial charge is 0.465 e. The second-order valence-electron chi connectivity index (χ2n) is 7.44. The molecule has 0 saturated carbocycles. The first-order valence-corrected chi connectivity index (χ1v) is 9.61. The molecule has 2 aromatic carbocycles. The number of piperidine rings is 1. The first-order chi connectivity index (χ1) is 12.7. The van der Waals surface area contributed by atoms with E-state index < -0.39 is 6.09 Å². The summed E-state index contributed by atoms with van der Waals surface area (Å²) in [5, 5.41) is 13.1. The summed E-state index contributed by atoms with van der Waals surface area (Å²) in [6.45, 7) is 3.28. The van der Waals surface area contributed by atoms with Crippen LogP contribution in [0.1, 0.15) is 36.3 Å². The molecule has 2 aliphatic rings. The van der Waals surface area contributed by atoms with Gasteiger partial charge in [-0.15, -0.1) is 0 Å². The van der Waals surface area contributed by atoms with E-state index in [1.807, 2.05) is 0 Å². The Morgan fingerprint density at radius 1 is 1.00 bits per heavy atom. The average Bonchev–Trinajstić information content (AvgIpc) is 3.00. The Balaban J connectivity index is 1.53. The summed E-state index contributed by atoms with van der Waals surface area (Å²) in [4.78, 5) is 13.5. The molecule has 0 atom stereocenters. The van der Waals surface area contributed by atoms with Crippen molar-refractivity contribution < 1.29 is 9.90 Å². The van der Waals surface area contributed by atoms with E-state index in [4.69, 9.17) is 0 Å². The van der Waals surface area contributed by atoms with Crippen molar-refractivity contribution in [3.63, 3.8) is 0 Å². The zero-order valence-corrected chi connectivity index (χ0v) is 15.0. The number of amides is 1. The Hall–Kier alpha value is -2.33. The molecule has 2 N–H and O–H groups in total. The van der Waals surface area contributed by atoms with E-state index in [0.29, 0.717) is 19.0 Å². The Bertz CT molecular complexity index is 738. The first-order valence-electron chi connectivity index (χ1n) is 9.61. The van der Waals surface area contributed by atoms with E-state index >= 15 is 0 Å². The molecule has 26 heavy (non-hydrogen) atoms. The molecule has 4 nitrogen and oxygen atoms in total. The Kier molecular flexibility index (Phi) is 4.93. The van der Waals surface area contributed by atoms with Crippen LogP contribution in [0.25, 0.3) is 11.1 Å². The summed E-state index contributed by atoms with van der Waals surface area (Å²) in [6.07, 6.45) is 2.47. The second-order valence-corrected chi connectivity index (χ2v) is 7.44. The molecule has 136 valence electrons. The average molecular weight is 350 g/mol. The maximum absolute atomic E-state index is 11.9. The third-order valence-corrected chi connectivity index (χ3v) is 5.90. The lowest BCUT2D eigenvalue weighted by atomic mass is 9.93. The molecule has 1 heterocycles. The highest BCUT2D eigenvalue weighted by Gasteiger charge is 2.31. The Morgan fingerprint density at radius 3 is 2.15 bits per heavy atom. The summed E-state index contributed by atoms with van der Waals surface area (Å²) in [5.41, 5.74) is 5.00. The van der Waals surface area contributed by atoms with Gasteiger partial charge in [0.1, 0.15) is 0 Å². The molecule has 0 spiro atoms. The monoisotopic (exact) mass is 350 g/mol. The fourth-order valence-electron chi connectivity index (χ4n) is 4.45. The second kappa shape index (κ2) is 7.50. The summed E-state index contributed by atoms with van der Waals surface area (Å²) in [5.74, 6) is 0.771. The maximum Gasteiger partial charge on any atom is 0.407 e. The summed E-state index contributed by atoms with van der Waals surface area (Å²) >= 11 is 0. The van der Waals surface area contributed by atoms with Gasteiger partial charge in [0.15, 0.2) is 0 Å². The SMILES string of the molecule is O=C(O)N(CCC1CCNCC1)CC1c2ccccc2-c2ccccc21. The van der Waals surface area contributed by atoms with Crippen LogP contribution in [0.2, 0.25) is 0 Å². The number of carboxylic acid groups (broad SMARTS) is 1. The lowest BCUT2D eigenvalue weighted by Crippen LogP contribution is -2.36. The summed E-state index contributed by atoms with van der Waals surface area (Å²) in [7, 11) is 0. The topological polar surface area (TPSA) is 52.6 Å². The van der Waals surface area contributed by atoms with Crippen molar-refractivity contribution in [2.45, 2.75) is 25.2 Å². The predicted octanol–water partition coefficient (Wildman–Crippen LogP) is 4.17. The third kappa shape index (κ3) is 3.34. The number of hydrogen-bond acceptors (Lipinski definition) is 2. The van der Waals surface area contributed by atoms with Gasteiger partial charge in [0, 0.05) is 19.0 Å². The summed E-state index contributed by atoms with van der Waals surface area (Å²) in [6, 6.07) is 16.8. The first kappa shape index (κ1) is 17.1. The van der Waals surface area contributed by atoms with Crippen molar-refractivity contribution in [3.05, 3.63) is 59.7 Å². The fourth-order valence-corrected chi connectivity index (χ4v) is 4.45. The van der Waals surface area contributed by atoms with E-state index in [9.17, 15) is 9.90 Å². The van der Waals surface area contributed by atoms with Crippen LogP contribution in [-0.4, -0.2) is 42.3 Å². The van der Waals surface area contributed by atoms with Gasteiger partial charge in [0.2, 0.25) is 0 Å². The molecule has 1 fully saturated rings. The number of nitrogens with one attached hydrogen (secondary N) is 1. The van der Waals surface area contributed by atoms with Gasteiger partial charge in [-0.2, -0.15) is 0 Å². The van der Waals surface area contributed by atoms with Crippen molar-refractivity contribution in [3.8, 4) is 11.1 Å². The lowest BCUT2D eigenvalue weighted by Gasteiger charge is -2.28. The number of carbonyl (C=O) groups is 1. The van der Waals surface area contributed by atoms with Gasteiger partial charge < -0.3 is 15.3 Å². The van der Waals surface area contributed by atoms with E-state index in [-0.39, 0.29) is 5.92 Å². The molecule has 2 aromatic rings. The molecular weight excluding hydrogens is 324 g/mol. The predicted molar refractivity (Wildman–Crippen MR) is 104 cm³/mol. The minimum atomic E-state index is -0.805. The van der Waals surface area contributed by atoms with Gasteiger partial charge in [0.25, 0.3) is 0 Å². The highest BCUT2D eigenvalue weighted by molar-refractivity contribution is 5.79. The van der Waals surface area contributed by atoms with Gasteiger partial charge in [-0.05, 0) is 60.5 Å². The van der Waals surface area contributed by atoms with Crippen LogP contribution in [0.3, 0.4) is 0 Å². The number of rotatable bonds is 5. The van der Waals surface area contributed by atoms with Gasteiger partial charge >= 0.3 is 6.09 Å². The summed E-state index contributed by atoms with van der Waals surface area (Å²) < 4.78 is 0. The molecule has 1 aliphatic carbocycles. The minimum Gasteiger partial charge on any atom is -0.465 e. The van der Waals surface area contributed by atoms with Crippen molar-refractivity contribution in [2.75, 3.05) is 26.2 Å². The van der Waals surface area contributed by atoms with Crippen LogP contribution in [0, 0.1) is 5.92 Å². The fraction of sp³-hybridized carbons (Fsp3) is 0.409. The number of fused-ring (bicyclic) bond motifs is 3. The van der Waals surface area contributed by atoms with Crippen LogP contribution in [0.15, 0.2) is 48.5 Å². The molecule has 1 amide bonds. The number of nitrogens with zero attached hydrogens (tertiary/aromatic N) is 1. The Morgan fingerprint density at radius 2 is 1.58 bits per heavy atom. The van der Waals surface area contributed by atoms with Crippen molar-refractivity contribution in [2.24, 2.45) is 5.92 Å². The molecule has 4 heteroatoms. The molecule has 0 radical (unpaired) electrons. The van der Waals surface area contributed by atoms with Gasteiger partial charge in [0.05, 0.1) is 0 Å². The van der Waals surface area contributed by atoms with Crippen molar-refractivity contribution in [1.29, 1.82) is 0 Å². The quantitative estimate of drug-likeness (QED) is 0.851. The van der Waals surface area contributed by atoms with Crippen LogP contribution >= 0.6 is 0 Å². The van der Waals surface area contributed by atoms with Crippen LogP contribution in [0.4, 0.5) is 4.79 Å². The number of benzene rings is 2. The highest BCUT2D eigenvalue weighted by Crippen LogP contribution is 2.44. The lowest BCUT2D eigenvalue weighted by molar-refractivity contribution is 0.139. The Labute approximate surface area is 154 Å². The maximum atomic E-state index is 11.9. The van der Waals surface area contributed by atoms with Crippen LogP contribution in [0.5, 0.6) is 0 Å². The molecular formula is C22H26N2O2. The normalized spacial score (nSPS) is 16.9. The van der Waals surface area contributed by atoms with E-state index in [1.54, 1.807) is 4.90 Å². The molecule has 0 unspecified atom stereocenters. The highest BCUT2D eigenvalue weighted by atomic mass is 16.4. The van der Waals surface area contributed by atoms with E-state index in [1.165, 1.54) is 22.3 Å². The smallest absolute Gasteiger partial charge is 0.407 e. The van der Waals surface area contributed by atoms with Crippen molar-refractivity contribution >= 4 is 6.09 Å². The van der Waals surface area contributed by atoms with Crippen molar-refractivity contribution in [1.82, 2.24) is 10.2 Å². The standard InChI is InChI=1S/C22H26N2O2/c25-22(26)24(14-11-16-9-12-23-13-10-16)15-21-19-7-3-1-5-17(19)18-6-2-4-8-20(18)21/h1-8,16,21,23H,9-15H2,(H,25,26). The van der Waals surface area contributed by atoms with Gasteiger partial charge in [-0.25, -0.2) is 4.79 Å². The van der Waals surface area contributed by atoms with E-state index in [2.05, 4.69) is 53.8 Å². The molecule has 1 aliphatic heterocycles. The molecule has 1 saturated heterocycles. The molecule has 0 aromatic heterocycles. The van der Waals surface area contributed by atoms with Crippen LogP contribution in [-0.2, 0) is 0 Å². The molecule has 4 rings (SSSR count). The molecule has 0 bridgehead atoms. The zero-order valence-electron chi connectivity index (χ0n) is 15.0. The number of hydrogen-bond donors (Lipinski definition) is 2. The van der Waals surface area contributed by atoms with Gasteiger partial charge in [-0.3, -0.25) is 0 Å². The van der Waals surface area contributed by atoms with Gasteiger partial charge in [-0.1, -0.05) is 48.5 Å². The minimum absolute atomic E-state index is 0.131. The zero-order chi connectivity index (χ0) is 17.9. The van der Waals surface area contributed by atoms with Crippen LogP contribution < -0.4 is 5.32 Å².